The zero-order valence-electron chi connectivity index (χ0n) is 12.7. The number of carbonyl (C=O) groups excluding carboxylic acids is 1. The molecule has 1 aliphatic heterocycles. The molecule has 0 spiro atoms. The van der Waals surface area contributed by atoms with Gasteiger partial charge in [-0.15, -0.1) is 0 Å². The number of fused-ring (bicyclic) bond motifs is 1. The summed E-state index contributed by atoms with van der Waals surface area (Å²) >= 11 is 0. The van der Waals surface area contributed by atoms with Gasteiger partial charge in [-0.1, -0.05) is 24.3 Å². The van der Waals surface area contributed by atoms with Crippen molar-refractivity contribution in [1.29, 1.82) is 0 Å². The minimum absolute atomic E-state index is 0.127. The van der Waals surface area contributed by atoms with E-state index in [1.165, 1.54) is 12.0 Å². The summed E-state index contributed by atoms with van der Waals surface area (Å²) in [6, 6.07) is 9.88. The van der Waals surface area contributed by atoms with Gasteiger partial charge < -0.3 is 19.2 Å². The van der Waals surface area contributed by atoms with Gasteiger partial charge in [0.2, 0.25) is 0 Å². The van der Waals surface area contributed by atoms with Crippen molar-refractivity contribution in [3.63, 3.8) is 0 Å². The lowest BCUT2D eigenvalue weighted by atomic mass is 9.94. The molecule has 1 aromatic carbocycles. The highest BCUT2D eigenvalue weighted by Gasteiger charge is 2.35. The molecule has 2 heterocycles. The second-order valence-corrected chi connectivity index (χ2v) is 5.46. The molecule has 3 rings (SSSR count). The van der Waals surface area contributed by atoms with Crippen LogP contribution in [0.25, 0.3) is 0 Å². The van der Waals surface area contributed by atoms with Crippen molar-refractivity contribution in [2.75, 3.05) is 7.11 Å². The summed E-state index contributed by atoms with van der Waals surface area (Å²) in [7, 11) is 1.53. The van der Waals surface area contributed by atoms with Gasteiger partial charge in [-0.25, -0.2) is 4.79 Å². The zero-order chi connectivity index (χ0) is 16.4. The molecule has 1 aromatic heterocycles. The molecule has 1 atom stereocenters. The highest BCUT2D eigenvalue weighted by Crippen LogP contribution is 2.25. The van der Waals surface area contributed by atoms with Gasteiger partial charge in [-0.3, -0.25) is 4.79 Å². The van der Waals surface area contributed by atoms with Crippen LogP contribution in [0.15, 0.2) is 40.8 Å². The smallest absolute Gasteiger partial charge is 0.326 e. The van der Waals surface area contributed by atoms with E-state index in [9.17, 15) is 14.7 Å². The SMILES string of the molecule is COCc1ccc(C(=O)N2Cc3ccccc3CC2C(=O)O)o1. The molecule has 1 amide bonds. The molecular formula is C17H17NO5. The van der Waals surface area contributed by atoms with E-state index in [1.54, 1.807) is 12.1 Å². The van der Waals surface area contributed by atoms with E-state index in [4.69, 9.17) is 9.15 Å². The molecule has 120 valence electrons. The Morgan fingerprint density at radius 2 is 2.00 bits per heavy atom. The van der Waals surface area contributed by atoms with Gasteiger partial charge in [0.25, 0.3) is 5.91 Å². The van der Waals surface area contributed by atoms with Crippen LogP contribution in [-0.4, -0.2) is 35.0 Å². The van der Waals surface area contributed by atoms with Crippen LogP contribution in [0.2, 0.25) is 0 Å². The van der Waals surface area contributed by atoms with Crippen LogP contribution in [0.4, 0.5) is 0 Å². The summed E-state index contributed by atoms with van der Waals surface area (Å²) in [4.78, 5) is 25.6. The molecular weight excluding hydrogens is 298 g/mol. The lowest BCUT2D eigenvalue weighted by molar-refractivity contribution is -0.142. The van der Waals surface area contributed by atoms with Crippen molar-refractivity contribution in [2.45, 2.75) is 25.6 Å². The summed E-state index contributed by atoms with van der Waals surface area (Å²) in [5, 5.41) is 9.47. The number of amides is 1. The summed E-state index contributed by atoms with van der Waals surface area (Å²) in [5.41, 5.74) is 1.92. The first kappa shape index (κ1) is 15.3. The first-order valence-electron chi connectivity index (χ1n) is 7.28. The average molecular weight is 315 g/mol. The topological polar surface area (TPSA) is 80.0 Å². The van der Waals surface area contributed by atoms with E-state index in [1.807, 2.05) is 24.3 Å². The van der Waals surface area contributed by atoms with Crippen molar-refractivity contribution < 1.29 is 23.8 Å². The second-order valence-electron chi connectivity index (χ2n) is 5.46. The summed E-state index contributed by atoms with van der Waals surface area (Å²) in [6.45, 7) is 0.519. The molecule has 23 heavy (non-hydrogen) atoms. The fourth-order valence-corrected chi connectivity index (χ4v) is 2.81. The van der Waals surface area contributed by atoms with Gasteiger partial charge in [-0.05, 0) is 23.3 Å². The number of rotatable bonds is 4. The average Bonchev–Trinajstić information content (AvgIpc) is 3.02. The van der Waals surface area contributed by atoms with Crippen LogP contribution in [0.5, 0.6) is 0 Å². The highest BCUT2D eigenvalue weighted by atomic mass is 16.5. The van der Waals surface area contributed by atoms with E-state index >= 15 is 0 Å². The molecule has 0 radical (unpaired) electrons. The van der Waals surface area contributed by atoms with Gasteiger partial charge >= 0.3 is 5.97 Å². The predicted molar refractivity (Wildman–Crippen MR) is 80.9 cm³/mol. The molecule has 0 aliphatic carbocycles. The van der Waals surface area contributed by atoms with Crippen LogP contribution >= 0.6 is 0 Å². The van der Waals surface area contributed by atoms with Crippen LogP contribution in [0.1, 0.15) is 27.4 Å². The lowest BCUT2D eigenvalue weighted by Gasteiger charge is -2.33. The van der Waals surface area contributed by atoms with Gasteiger partial charge in [0.15, 0.2) is 5.76 Å². The maximum absolute atomic E-state index is 12.7. The summed E-state index contributed by atoms with van der Waals surface area (Å²) < 4.78 is 10.4. The van der Waals surface area contributed by atoms with Gasteiger partial charge in [0.1, 0.15) is 18.4 Å². The Morgan fingerprint density at radius 1 is 1.26 bits per heavy atom. The van der Waals surface area contributed by atoms with Crippen LogP contribution in [-0.2, 0) is 29.1 Å². The van der Waals surface area contributed by atoms with Crippen molar-refractivity contribution >= 4 is 11.9 Å². The Kier molecular flexibility index (Phi) is 4.16. The first-order valence-corrected chi connectivity index (χ1v) is 7.28. The molecule has 2 aromatic rings. The fraction of sp³-hybridized carbons (Fsp3) is 0.294. The number of carboxylic acids is 1. The minimum Gasteiger partial charge on any atom is -0.480 e. The number of nitrogens with zero attached hydrogens (tertiary/aromatic N) is 1. The minimum atomic E-state index is -1.02. The first-order chi connectivity index (χ1) is 11.1. The third-order valence-electron chi connectivity index (χ3n) is 3.95. The molecule has 1 N–H and O–H groups in total. The third kappa shape index (κ3) is 2.98. The predicted octanol–water partition coefficient (Wildman–Crippen LogP) is 2.08. The summed E-state index contributed by atoms with van der Waals surface area (Å²) in [5.74, 6) is -0.784. The molecule has 0 bridgehead atoms. The maximum Gasteiger partial charge on any atom is 0.326 e. The quantitative estimate of drug-likeness (QED) is 0.934. The molecule has 6 heteroatoms. The Bertz CT molecular complexity index is 736. The maximum atomic E-state index is 12.7. The van der Waals surface area contributed by atoms with Crippen LogP contribution in [0, 0.1) is 0 Å². The van der Waals surface area contributed by atoms with E-state index in [2.05, 4.69) is 0 Å². The molecule has 6 nitrogen and oxygen atoms in total. The number of aliphatic carboxylic acids is 1. The Morgan fingerprint density at radius 3 is 2.70 bits per heavy atom. The van der Waals surface area contributed by atoms with E-state index < -0.39 is 17.9 Å². The van der Waals surface area contributed by atoms with Crippen molar-refractivity contribution in [1.82, 2.24) is 4.90 Å². The van der Waals surface area contributed by atoms with E-state index in [0.29, 0.717) is 12.2 Å². The third-order valence-corrected chi connectivity index (χ3v) is 3.95. The molecule has 0 saturated heterocycles. The number of methoxy groups -OCH3 is 1. The van der Waals surface area contributed by atoms with E-state index in [0.717, 1.165) is 11.1 Å². The van der Waals surface area contributed by atoms with Crippen LogP contribution < -0.4 is 0 Å². The monoisotopic (exact) mass is 315 g/mol. The molecule has 0 fully saturated rings. The fourth-order valence-electron chi connectivity index (χ4n) is 2.81. The molecule has 0 saturated carbocycles. The zero-order valence-corrected chi connectivity index (χ0v) is 12.7. The van der Waals surface area contributed by atoms with Crippen LogP contribution in [0.3, 0.4) is 0 Å². The molecule has 1 unspecified atom stereocenters. The highest BCUT2D eigenvalue weighted by molar-refractivity contribution is 5.94. The number of hydrogen-bond acceptors (Lipinski definition) is 4. The normalized spacial score (nSPS) is 16.9. The Labute approximate surface area is 133 Å². The van der Waals surface area contributed by atoms with Crippen molar-refractivity contribution in [3.05, 3.63) is 59.0 Å². The number of furan rings is 1. The number of ether oxygens (including phenoxy) is 1. The van der Waals surface area contributed by atoms with Gasteiger partial charge in [0.05, 0.1) is 0 Å². The Balaban J connectivity index is 1.89. The van der Waals surface area contributed by atoms with Crippen molar-refractivity contribution in [2.24, 2.45) is 0 Å². The molecule has 1 aliphatic rings. The van der Waals surface area contributed by atoms with Crippen molar-refractivity contribution in [3.8, 4) is 0 Å². The second kappa shape index (κ2) is 6.26. The summed E-state index contributed by atoms with van der Waals surface area (Å²) in [6.07, 6.45) is 0.295. The largest absolute Gasteiger partial charge is 0.480 e. The lowest BCUT2D eigenvalue weighted by Crippen LogP contribution is -2.48. The Hall–Kier alpha value is -2.60. The van der Waals surface area contributed by atoms with Gasteiger partial charge in [-0.2, -0.15) is 0 Å². The van der Waals surface area contributed by atoms with E-state index in [-0.39, 0.29) is 18.9 Å². The number of carboxylic acid groups (broad SMARTS) is 1. The number of hydrogen-bond donors (Lipinski definition) is 1. The van der Waals surface area contributed by atoms with Gasteiger partial charge in [0, 0.05) is 20.1 Å². The standard InChI is InChI=1S/C17H17NO5/c1-22-10-13-6-7-15(23-13)16(19)18-9-12-5-3-2-4-11(12)8-14(18)17(20)21/h2-7,14H,8-10H2,1H3,(H,20,21). The number of benzene rings is 1. The number of carbonyl (C=O) groups is 2.